The number of ether oxygens (including phenoxy) is 2. The molecule has 0 rings (SSSR count). The van der Waals surface area contributed by atoms with Crippen molar-refractivity contribution in [2.24, 2.45) is 50.2 Å². The average Bonchev–Trinajstić information content (AvgIpc) is 3.14. The molecular formula is C53H112NO4PS2. The van der Waals surface area contributed by atoms with E-state index in [0.29, 0.717) is 36.6 Å². The van der Waals surface area contributed by atoms with E-state index in [1.807, 2.05) is 20.9 Å². The Bertz CT molecular complexity index is 1110. The summed E-state index contributed by atoms with van der Waals surface area (Å²) in [6.45, 7) is 52.0. The summed E-state index contributed by atoms with van der Waals surface area (Å²) in [5, 5.41) is 0. The van der Waals surface area contributed by atoms with E-state index in [0.717, 1.165) is 44.9 Å². The van der Waals surface area contributed by atoms with Gasteiger partial charge < -0.3 is 9.47 Å². The highest BCUT2D eigenvalue weighted by Gasteiger charge is 2.40. The molecule has 0 aliphatic carbocycles. The van der Waals surface area contributed by atoms with E-state index in [1.165, 1.54) is 38.5 Å². The lowest BCUT2D eigenvalue weighted by atomic mass is 9.63. The van der Waals surface area contributed by atoms with Gasteiger partial charge in [0.1, 0.15) is 12.2 Å². The molecule has 0 N–H and O–H groups in total. The zero-order valence-electron chi connectivity index (χ0n) is 45.6. The maximum Gasteiger partial charge on any atom is 0.306 e. The molecule has 7 unspecified atom stereocenters. The maximum absolute atomic E-state index is 12.7. The van der Waals surface area contributed by atoms with Crippen LogP contribution in [-0.4, -0.2) is 41.9 Å². The predicted octanol–water partition coefficient (Wildman–Crippen LogP) is 17.7. The molecule has 0 saturated heterocycles. The zero-order valence-corrected chi connectivity index (χ0v) is 48.6. The fraction of sp³-hybridized carbons (Fsp3) is 0.962. The summed E-state index contributed by atoms with van der Waals surface area (Å²) >= 11 is 6.44. The monoisotopic (exact) mass is 922 g/mol. The SMILES string of the molecule is CC.CCCCC(C)(C)C(C)CC(CC(C)(C)C(C)(C)CC)OC(=O)CCC(C)N(C)P.CCCCC(C)C(C)(C)CC(CC(C)(C)C(C)CC)OC(=O)CC(C)(C)C.SS. The average molecular weight is 923 g/mol. The molecule has 0 aromatic heterocycles. The Kier molecular flexibility index (Phi) is 36.2. The number of esters is 2. The molecule has 0 saturated carbocycles. The van der Waals surface area contributed by atoms with Gasteiger partial charge in [0, 0.05) is 12.5 Å². The van der Waals surface area contributed by atoms with Gasteiger partial charge in [-0.15, -0.1) is 23.3 Å². The Morgan fingerprint density at radius 2 is 1.07 bits per heavy atom. The largest absolute Gasteiger partial charge is 0.462 e. The first-order chi connectivity index (χ1) is 27.7. The van der Waals surface area contributed by atoms with Crippen molar-refractivity contribution in [3.8, 4) is 0 Å². The number of carbonyl (C=O) groups is 2. The summed E-state index contributed by atoms with van der Waals surface area (Å²) in [5.41, 5.74) is 0.889. The molecule has 0 heterocycles. The minimum Gasteiger partial charge on any atom is -0.462 e. The van der Waals surface area contributed by atoms with Gasteiger partial charge in [-0.3, -0.25) is 14.3 Å². The molecule has 0 amide bonds. The second-order valence-corrected chi connectivity index (χ2v) is 24.1. The molecule has 0 fully saturated rings. The molecule has 0 radical (unpaired) electrons. The van der Waals surface area contributed by atoms with Gasteiger partial charge in [0.15, 0.2) is 0 Å². The van der Waals surface area contributed by atoms with Gasteiger partial charge in [0.2, 0.25) is 0 Å². The Labute approximate surface area is 397 Å². The van der Waals surface area contributed by atoms with Gasteiger partial charge in [0.25, 0.3) is 0 Å². The quantitative estimate of drug-likeness (QED) is 0.0372. The van der Waals surface area contributed by atoms with Crippen LogP contribution in [0.25, 0.3) is 0 Å². The van der Waals surface area contributed by atoms with Crippen molar-refractivity contribution in [1.29, 1.82) is 0 Å². The van der Waals surface area contributed by atoms with Crippen LogP contribution in [-0.2, 0) is 19.1 Å². The minimum absolute atomic E-state index is 0.00271. The summed E-state index contributed by atoms with van der Waals surface area (Å²) in [6.07, 6.45) is 15.3. The Hall–Kier alpha value is 0.0300. The smallest absolute Gasteiger partial charge is 0.306 e. The molecule has 61 heavy (non-hydrogen) atoms. The topological polar surface area (TPSA) is 55.8 Å². The van der Waals surface area contributed by atoms with E-state index >= 15 is 0 Å². The molecule has 5 nitrogen and oxygen atoms in total. The van der Waals surface area contributed by atoms with E-state index in [4.69, 9.17) is 9.47 Å². The second-order valence-electron chi connectivity index (χ2n) is 23.3. The molecule has 0 aromatic rings. The van der Waals surface area contributed by atoms with Gasteiger partial charge in [-0.2, -0.15) is 0 Å². The normalized spacial score (nSPS) is 15.7. The Balaban J connectivity index is -0.000000494. The fourth-order valence-electron chi connectivity index (χ4n) is 7.71. The van der Waals surface area contributed by atoms with Gasteiger partial charge in [-0.05, 0) is 103 Å². The van der Waals surface area contributed by atoms with Crippen LogP contribution in [0.3, 0.4) is 0 Å². The molecule has 8 heteroatoms. The standard InChI is InChI=1S/C26H54NO2P.C25H50O2.C2H6.H2S2/c1-12-14-17-24(5,6)20(3)18-22(19-26(9,10)25(7,8)13-2)29-23(28)16-15-21(4)27(11)30;1-12-14-15-20(4)25(10,11)17-21(16-24(8,9)19(3)13-2)27-22(26)18-23(5,6)7;2*1-2/h20-22H,12-19,30H2,1-11H3;19-21H,12-18H2,1-11H3;1-2H3;1-2H. The van der Waals surface area contributed by atoms with Gasteiger partial charge in [-0.1, -0.05) is 207 Å². The molecular weight excluding hydrogens is 810 g/mol. The van der Waals surface area contributed by atoms with Crippen LogP contribution < -0.4 is 0 Å². The second kappa shape index (κ2) is 32.7. The first-order valence-corrected chi connectivity index (χ1v) is 26.9. The number of nitrogens with zero attached hydrogens (tertiary/aromatic N) is 1. The highest BCUT2D eigenvalue weighted by atomic mass is 33.1. The third-order valence-corrected chi connectivity index (χ3v) is 15.6. The van der Waals surface area contributed by atoms with Gasteiger partial charge in [0.05, 0.1) is 6.42 Å². The number of thiol groups is 2. The van der Waals surface area contributed by atoms with E-state index in [-0.39, 0.29) is 56.6 Å². The molecule has 370 valence electrons. The lowest BCUT2D eigenvalue weighted by Crippen LogP contribution is -2.38. The summed E-state index contributed by atoms with van der Waals surface area (Å²) in [4.78, 5) is 25.3. The maximum atomic E-state index is 12.7. The van der Waals surface area contributed by atoms with Crippen LogP contribution in [0, 0.1) is 50.2 Å². The molecule has 0 aliphatic rings. The fourth-order valence-corrected chi connectivity index (χ4v) is 7.86. The van der Waals surface area contributed by atoms with Crippen molar-refractivity contribution < 1.29 is 19.1 Å². The van der Waals surface area contributed by atoms with Crippen LogP contribution in [0.15, 0.2) is 0 Å². The number of rotatable bonds is 27. The lowest BCUT2D eigenvalue weighted by Gasteiger charge is -2.44. The highest BCUT2D eigenvalue weighted by Crippen LogP contribution is 2.47. The van der Waals surface area contributed by atoms with Crippen molar-refractivity contribution in [1.82, 2.24) is 4.67 Å². The number of hydrogen-bond donors (Lipinski definition) is 2. The van der Waals surface area contributed by atoms with Gasteiger partial charge in [-0.25, -0.2) is 0 Å². The molecule has 0 aliphatic heterocycles. The lowest BCUT2D eigenvalue weighted by molar-refractivity contribution is -0.155. The van der Waals surface area contributed by atoms with Crippen LogP contribution in [0.4, 0.5) is 0 Å². The van der Waals surface area contributed by atoms with Crippen molar-refractivity contribution in [3.63, 3.8) is 0 Å². The number of unbranched alkanes of at least 4 members (excludes halogenated alkanes) is 2. The van der Waals surface area contributed by atoms with Gasteiger partial charge >= 0.3 is 11.9 Å². The van der Waals surface area contributed by atoms with Crippen LogP contribution >= 0.6 is 32.7 Å². The van der Waals surface area contributed by atoms with Crippen LogP contribution in [0.1, 0.15) is 256 Å². The van der Waals surface area contributed by atoms with E-state index in [2.05, 4.69) is 183 Å². The summed E-state index contributed by atoms with van der Waals surface area (Å²) in [7, 11) is 4.71. The van der Waals surface area contributed by atoms with Crippen molar-refractivity contribution >= 4 is 44.7 Å². The molecule has 7 atom stereocenters. The number of carbonyl (C=O) groups excluding carboxylic acids is 2. The summed E-state index contributed by atoms with van der Waals surface area (Å²) in [5.74, 6) is 1.68. The van der Waals surface area contributed by atoms with Crippen LogP contribution in [0.2, 0.25) is 0 Å². The summed E-state index contributed by atoms with van der Waals surface area (Å²) in [6, 6.07) is 0.350. The van der Waals surface area contributed by atoms with E-state index < -0.39 is 0 Å². The third kappa shape index (κ3) is 30.0. The first-order valence-electron chi connectivity index (χ1n) is 24.8. The van der Waals surface area contributed by atoms with Crippen LogP contribution in [0.5, 0.6) is 0 Å². The predicted molar refractivity (Wildman–Crippen MR) is 284 cm³/mol. The van der Waals surface area contributed by atoms with Crippen molar-refractivity contribution in [2.75, 3.05) is 7.05 Å². The van der Waals surface area contributed by atoms with E-state index in [1.54, 1.807) is 0 Å². The molecule has 0 bridgehead atoms. The number of hydrogen-bond acceptors (Lipinski definition) is 7. The van der Waals surface area contributed by atoms with Crippen molar-refractivity contribution in [2.45, 2.75) is 274 Å². The Morgan fingerprint density at radius 3 is 1.48 bits per heavy atom. The summed E-state index contributed by atoms with van der Waals surface area (Å²) < 4.78 is 14.4. The minimum atomic E-state index is -0.0395. The first kappa shape index (κ1) is 67.6. The van der Waals surface area contributed by atoms with E-state index in [9.17, 15) is 9.59 Å². The third-order valence-electron chi connectivity index (χ3n) is 15.1. The Morgan fingerprint density at radius 1 is 0.607 bits per heavy atom. The molecule has 0 aromatic carbocycles. The molecule has 0 spiro atoms. The zero-order chi connectivity index (χ0) is 49.2. The van der Waals surface area contributed by atoms with Crippen molar-refractivity contribution in [3.05, 3.63) is 0 Å². The highest BCUT2D eigenvalue weighted by molar-refractivity contribution is 8.59.